The largest absolute Gasteiger partial charge is 0.464 e. The molecule has 0 aliphatic carbocycles. The van der Waals surface area contributed by atoms with Crippen molar-refractivity contribution in [2.45, 2.75) is 19.1 Å². The Morgan fingerprint density at radius 3 is 2.67 bits per heavy atom. The first-order valence-electron chi connectivity index (χ1n) is 4.99. The Bertz CT molecular complexity index is 417. The molecule has 102 valence electrons. The highest BCUT2D eigenvalue weighted by Crippen LogP contribution is 2.31. The van der Waals surface area contributed by atoms with Gasteiger partial charge in [-0.25, -0.2) is 9.18 Å². The van der Waals surface area contributed by atoms with Gasteiger partial charge < -0.3 is 10.5 Å². The van der Waals surface area contributed by atoms with Crippen LogP contribution in [-0.4, -0.2) is 18.7 Å². The fraction of sp³-hybridized carbons (Fsp3) is 0.364. The minimum absolute atomic E-state index is 0. The van der Waals surface area contributed by atoms with Gasteiger partial charge in [0.2, 0.25) is 6.17 Å². The number of halogens is 4. The molecule has 0 bridgehead atoms. The van der Waals surface area contributed by atoms with E-state index in [0.29, 0.717) is 0 Å². The highest BCUT2D eigenvalue weighted by molar-refractivity contribution is 6.42. The van der Waals surface area contributed by atoms with Crippen LogP contribution in [0.25, 0.3) is 0 Å². The van der Waals surface area contributed by atoms with Gasteiger partial charge in [0.25, 0.3) is 0 Å². The maximum atomic E-state index is 13.7. The fourth-order valence-electron chi connectivity index (χ4n) is 1.30. The predicted octanol–water partition coefficient (Wildman–Crippen LogP) is 3.32. The summed E-state index contributed by atoms with van der Waals surface area (Å²) in [5.74, 6) is -1.00. The lowest BCUT2D eigenvalue weighted by atomic mass is 10.0. The zero-order valence-corrected chi connectivity index (χ0v) is 11.9. The van der Waals surface area contributed by atoms with E-state index in [1.54, 1.807) is 19.1 Å². The van der Waals surface area contributed by atoms with E-state index in [1.165, 1.54) is 6.07 Å². The second kappa shape index (κ2) is 7.79. The Balaban J connectivity index is 0.00000289. The highest BCUT2D eigenvalue weighted by Gasteiger charge is 2.29. The molecule has 0 saturated heterocycles. The first-order valence-corrected chi connectivity index (χ1v) is 5.74. The van der Waals surface area contributed by atoms with Gasteiger partial charge in [-0.15, -0.1) is 12.4 Å². The molecule has 1 unspecified atom stereocenters. The first kappa shape index (κ1) is 17.4. The number of hydrogen-bond donors (Lipinski definition) is 1. The van der Waals surface area contributed by atoms with Crippen LogP contribution in [-0.2, 0) is 9.53 Å². The number of hydrogen-bond acceptors (Lipinski definition) is 3. The van der Waals surface area contributed by atoms with E-state index in [4.69, 9.17) is 28.9 Å². The molecule has 1 aromatic rings. The predicted molar refractivity (Wildman–Crippen MR) is 72.2 cm³/mol. The van der Waals surface area contributed by atoms with Crippen molar-refractivity contribution >= 4 is 41.6 Å². The normalized spacial score (nSPS) is 13.4. The van der Waals surface area contributed by atoms with Gasteiger partial charge >= 0.3 is 5.97 Å². The Kier molecular flexibility index (Phi) is 7.55. The third kappa shape index (κ3) is 3.99. The van der Waals surface area contributed by atoms with Crippen molar-refractivity contribution in [3.63, 3.8) is 0 Å². The topological polar surface area (TPSA) is 52.3 Å². The second-order valence-electron chi connectivity index (χ2n) is 3.32. The molecule has 0 aromatic heterocycles. The Morgan fingerprint density at radius 1 is 1.50 bits per heavy atom. The van der Waals surface area contributed by atoms with Gasteiger partial charge in [-0.1, -0.05) is 35.3 Å². The van der Waals surface area contributed by atoms with Gasteiger partial charge in [-0.2, -0.15) is 0 Å². The van der Waals surface area contributed by atoms with Crippen molar-refractivity contribution in [1.82, 2.24) is 0 Å². The molecular formula is C11H13Cl3FNO2. The van der Waals surface area contributed by atoms with Crippen molar-refractivity contribution < 1.29 is 13.9 Å². The molecule has 2 atom stereocenters. The maximum absolute atomic E-state index is 13.7. The quantitative estimate of drug-likeness (QED) is 0.867. The van der Waals surface area contributed by atoms with Gasteiger partial charge in [0.1, 0.15) is 0 Å². The van der Waals surface area contributed by atoms with E-state index in [0.717, 1.165) is 0 Å². The molecule has 0 saturated carbocycles. The standard InChI is InChI=1S/C11H12Cl2FNO2.ClH/c1-2-17-11(16)9(14)10(15)6-4-3-5-7(12)8(6)13;/h3-5,9-10H,2,15H2,1H3;1H/t9?,10-;/m0./s1. The summed E-state index contributed by atoms with van der Waals surface area (Å²) in [5, 5.41) is 0.407. The summed E-state index contributed by atoms with van der Waals surface area (Å²) in [6.45, 7) is 1.68. The molecule has 0 amide bonds. The summed E-state index contributed by atoms with van der Waals surface area (Å²) in [5.41, 5.74) is 5.90. The van der Waals surface area contributed by atoms with Crippen molar-refractivity contribution in [1.29, 1.82) is 0 Å². The van der Waals surface area contributed by atoms with E-state index in [2.05, 4.69) is 4.74 Å². The molecule has 0 aliphatic heterocycles. The fourth-order valence-corrected chi connectivity index (χ4v) is 1.74. The Morgan fingerprint density at radius 2 is 2.11 bits per heavy atom. The summed E-state index contributed by atoms with van der Waals surface area (Å²) in [6, 6.07) is 3.46. The molecule has 0 fully saturated rings. The van der Waals surface area contributed by atoms with Crippen LogP contribution in [0.2, 0.25) is 10.0 Å². The number of esters is 1. The van der Waals surface area contributed by atoms with Crippen molar-refractivity contribution in [2.24, 2.45) is 5.73 Å². The molecule has 0 radical (unpaired) electrons. The molecule has 18 heavy (non-hydrogen) atoms. The van der Waals surface area contributed by atoms with Gasteiger partial charge in [0.15, 0.2) is 0 Å². The van der Waals surface area contributed by atoms with Crippen molar-refractivity contribution in [3.05, 3.63) is 33.8 Å². The van der Waals surface area contributed by atoms with Crippen LogP contribution in [0.1, 0.15) is 18.5 Å². The highest BCUT2D eigenvalue weighted by atomic mass is 35.5. The lowest BCUT2D eigenvalue weighted by molar-refractivity contribution is -0.149. The number of rotatable bonds is 4. The van der Waals surface area contributed by atoms with Crippen LogP contribution >= 0.6 is 35.6 Å². The number of alkyl halides is 1. The van der Waals surface area contributed by atoms with Gasteiger partial charge in [0, 0.05) is 0 Å². The average molecular weight is 317 g/mol. The molecule has 2 N–H and O–H groups in total. The van der Waals surface area contributed by atoms with Crippen molar-refractivity contribution in [3.8, 4) is 0 Å². The number of benzene rings is 1. The Hall–Kier alpha value is -0.550. The number of carbonyl (C=O) groups excluding carboxylic acids is 1. The number of nitrogens with two attached hydrogens (primary N) is 1. The average Bonchev–Trinajstić information content (AvgIpc) is 2.31. The van der Waals surface area contributed by atoms with Gasteiger partial charge in [-0.05, 0) is 18.6 Å². The molecule has 0 spiro atoms. The first-order chi connectivity index (χ1) is 7.99. The number of carbonyl (C=O) groups is 1. The second-order valence-corrected chi connectivity index (χ2v) is 4.11. The monoisotopic (exact) mass is 315 g/mol. The van der Waals surface area contributed by atoms with E-state index < -0.39 is 18.2 Å². The van der Waals surface area contributed by atoms with Crippen LogP contribution in [0.3, 0.4) is 0 Å². The van der Waals surface area contributed by atoms with Crippen LogP contribution in [0.4, 0.5) is 4.39 Å². The summed E-state index contributed by atoms with van der Waals surface area (Å²) in [7, 11) is 0. The molecular weight excluding hydrogens is 303 g/mol. The lowest BCUT2D eigenvalue weighted by Gasteiger charge is -2.17. The summed E-state index contributed by atoms with van der Waals surface area (Å²) in [4.78, 5) is 11.2. The number of ether oxygens (including phenoxy) is 1. The maximum Gasteiger partial charge on any atom is 0.342 e. The summed E-state index contributed by atoms with van der Waals surface area (Å²) < 4.78 is 18.2. The third-order valence-corrected chi connectivity index (χ3v) is 3.00. The van der Waals surface area contributed by atoms with E-state index in [1.807, 2.05) is 0 Å². The zero-order chi connectivity index (χ0) is 13.0. The summed E-state index contributed by atoms with van der Waals surface area (Å²) in [6.07, 6.45) is -1.97. The van der Waals surface area contributed by atoms with Crippen LogP contribution in [0.5, 0.6) is 0 Å². The van der Waals surface area contributed by atoms with E-state index in [9.17, 15) is 9.18 Å². The molecule has 1 aromatic carbocycles. The molecule has 0 heterocycles. The smallest absolute Gasteiger partial charge is 0.342 e. The van der Waals surface area contributed by atoms with Crippen LogP contribution in [0.15, 0.2) is 18.2 Å². The van der Waals surface area contributed by atoms with E-state index in [-0.39, 0.29) is 34.6 Å². The Labute approximate surface area is 121 Å². The van der Waals surface area contributed by atoms with Gasteiger partial charge in [0.05, 0.1) is 22.7 Å². The van der Waals surface area contributed by atoms with Gasteiger partial charge in [-0.3, -0.25) is 0 Å². The third-order valence-electron chi connectivity index (χ3n) is 2.17. The van der Waals surface area contributed by atoms with Crippen LogP contribution < -0.4 is 5.73 Å². The molecule has 1 rings (SSSR count). The SMILES string of the molecule is CCOC(=O)C(F)[C@@H](N)c1cccc(Cl)c1Cl.Cl. The molecule has 3 nitrogen and oxygen atoms in total. The minimum Gasteiger partial charge on any atom is -0.464 e. The minimum atomic E-state index is -1.97. The zero-order valence-electron chi connectivity index (χ0n) is 9.53. The molecule has 7 heteroatoms. The summed E-state index contributed by atoms with van der Waals surface area (Å²) >= 11 is 11.7. The van der Waals surface area contributed by atoms with Crippen LogP contribution in [0, 0.1) is 0 Å². The molecule has 0 aliphatic rings. The van der Waals surface area contributed by atoms with Crippen molar-refractivity contribution in [2.75, 3.05) is 6.61 Å². The lowest BCUT2D eigenvalue weighted by Crippen LogP contribution is -2.31. The van der Waals surface area contributed by atoms with E-state index >= 15 is 0 Å².